The van der Waals surface area contributed by atoms with Crippen LogP contribution in [-0.2, 0) is 4.74 Å². The molecule has 0 fully saturated rings. The van der Waals surface area contributed by atoms with E-state index in [9.17, 15) is 4.79 Å². The quantitative estimate of drug-likeness (QED) is 0.432. The van der Waals surface area contributed by atoms with E-state index in [-0.39, 0.29) is 11.9 Å². The maximum absolute atomic E-state index is 12.9. The van der Waals surface area contributed by atoms with Crippen molar-refractivity contribution in [3.8, 4) is 17.2 Å². The van der Waals surface area contributed by atoms with Crippen LogP contribution in [0.1, 0.15) is 42.7 Å². The molecule has 0 N–H and O–H groups in total. The molecule has 0 spiro atoms. The first kappa shape index (κ1) is 18.9. The third-order valence-corrected chi connectivity index (χ3v) is 4.81. The summed E-state index contributed by atoms with van der Waals surface area (Å²) in [6.07, 6.45) is 1.96. The Morgan fingerprint density at radius 3 is 2.45 bits per heavy atom. The fraction of sp³-hybridized carbons (Fsp3) is 0.208. The van der Waals surface area contributed by atoms with Crippen molar-refractivity contribution < 1.29 is 9.53 Å². The van der Waals surface area contributed by atoms with Crippen molar-refractivity contribution in [1.29, 1.82) is 0 Å². The average molecular weight is 385 g/mol. The Bertz CT molecular complexity index is 1160. The van der Waals surface area contributed by atoms with Gasteiger partial charge < -0.3 is 4.74 Å². The molecule has 2 aromatic heterocycles. The first-order chi connectivity index (χ1) is 14.1. The molecule has 5 heteroatoms. The van der Waals surface area contributed by atoms with Gasteiger partial charge in [0.1, 0.15) is 5.56 Å². The zero-order chi connectivity index (χ0) is 20.4. The largest absolute Gasteiger partial charge is 0.462 e. The standard InChI is InChI=1S/C24H23N3O2/c1-4-29-23(28)20-21(16(2)3)25-24(26-22(20)18-11-6-5-7-12-18)27-15-14-17-10-8-9-13-19(17)27/h5-16H,4H2,1-3H3. The Balaban J connectivity index is 2.02. The predicted molar refractivity (Wildman–Crippen MR) is 114 cm³/mol. The lowest BCUT2D eigenvalue weighted by molar-refractivity contribution is 0.0524. The van der Waals surface area contributed by atoms with Gasteiger partial charge in [-0.2, -0.15) is 0 Å². The van der Waals surface area contributed by atoms with Crippen molar-refractivity contribution in [3.63, 3.8) is 0 Å². The van der Waals surface area contributed by atoms with Crippen LogP contribution in [-0.4, -0.2) is 27.1 Å². The van der Waals surface area contributed by atoms with Crippen molar-refractivity contribution in [2.24, 2.45) is 0 Å². The number of hydrogen-bond donors (Lipinski definition) is 0. The molecule has 0 aliphatic carbocycles. The molecule has 2 heterocycles. The monoisotopic (exact) mass is 385 g/mol. The van der Waals surface area contributed by atoms with Gasteiger partial charge in [0.25, 0.3) is 0 Å². The predicted octanol–water partition coefficient (Wildman–Crippen LogP) is 5.39. The number of esters is 1. The maximum Gasteiger partial charge on any atom is 0.342 e. The molecule has 0 bridgehead atoms. The topological polar surface area (TPSA) is 57.0 Å². The Morgan fingerprint density at radius 1 is 1.00 bits per heavy atom. The lowest BCUT2D eigenvalue weighted by atomic mass is 9.98. The lowest BCUT2D eigenvalue weighted by Gasteiger charge is -2.17. The zero-order valence-corrected chi connectivity index (χ0v) is 16.8. The Morgan fingerprint density at radius 2 is 1.72 bits per heavy atom. The van der Waals surface area contributed by atoms with Crippen LogP contribution in [0.2, 0.25) is 0 Å². The Hall–Kier alpha value is -3.47. The minimum Gasteiger partial charge on any atom is -0.462 e. The van der Waals surface area contributed by atoms with Crippen molar-refractivity contribution in [2.75, 3.05) is 6.61 Å². The third-order valence-electron chi connectivity index (χ3n) is 4.81. The second-order valence-electron chi connectivity index (χ2n) is 7.12. The average Bonchev–Trinajstić information content (AvgIpc) is 3.18. The van der Waals surface area contributed by atoms with Crippen molar-refractivity contribution in [1.82, 2.24) is 14.5 Å². The van der Waals surface area contributed by atoms with Gasteiger partial charge >= 0.3 is 5.97 Å². The van der Waals surface area contributed by atoms with Crippen LogP contribution in [0.4, 0.5) is 0 Å². The first-order valence-electron chi connectivity index (χ1n) is 9.81. The second-order valence-corrected chi connectivity index (χ2v) is 7.12. The van der Waals surface area contributed by atoms with Gasteiger partial charge in [-0.25, -0.2) is 14.8 Å². The van der Waals surface area contributed by atoms with Crippen LogP contribution in [0.3, 0.4) is 0 Å². The number of ether oxygens (including phenoxy) is 1. The van der Waals surface area contributed by atoms with E-state index in [0.29, 0.717) is 29.5 Å². The number of carbonyl (C=O) groups is 1. The van der Waals surface area contributed by atoms with Crippen LogP contribution in [0.5, 0.6) is 0 Å². The summed E-state index contributed by atoms with van der Waals surface area (Å²) >= 11 is 0. The van der Waals surface area contributed by atoms with Crippen LogP contribution in [0.25, 0.3) is 28.1 Å². The molecule has 4 aromatic rings. The highest BCUT2D eigenvalue weighted by Gasteiger charge is 2.25. The van der Waals surface area contributed by atoms with Gasteiger partial charge in [-0.1, -0.05) is 62.4 Å². The number of para-hydroxylation sites is 1. The number of benzene rings is 2. The normalized spacial score (nSPS) is 11.2. The molecule has 0 unspecified atom stereocenters. The van der Waals surface area contributed by atoms with E-state index in [1.165, 1.54) is 0 Å². The van der Waals surface area contributed by atoms with Crippen molar-refractivity contribution in [2.45, 2.75) is 26.7 Å². The summed E-state index contributed by atoms with van der Waals surface area (Å²) in [5.74, 6) is 0.182. The van der Waals surface area contributed by atoms with Gasteiger partial charge in [0, 0.05) is 17.1 Å². The molecule has 29 heavy (non-hydrogen) atoms. The number of carbonyl (C=O) groups excluding carboxylic acids is 1. The molecular weight excluding hydrogens is 362 g/mol. The Kier molecular flexibility index (Phi) is 5.12. The number of hydrogen-bond acceptors (Lipinski definition) is 4. The summed E-state index contributed by atoms with van der Waals surface area (Å²) in [5.41, 5.74) is 3.59. The van der Waals surface area contributed by atoms with Crippen LogP contribution >= 0.6 is 0 Å². The number of rotatable bonds is 5. The molecule has 0 aliphatic rings. The van der Waals surface area contributed by atoms with Crippen LogP contribution < -0.4 is 0 Å². The summed E-state index contributed by atoms with van der Waals surface area (Å²) in [7, 11) is 0. The zero-order valence-electron chi connectivity index (χ0n) is 16.8. The minimum atomic E-state index is -0.390. The smallest absolute Gasteiger partial charge is 0.342 e. The number of nitrogens with zero attached hydrogens (tertiary/aromatic N) is 3. The fourth-order valence-corrected chi connectivity index (χ4v) is 3.46. The highest BCUT2D eigenvalue weighted by molar-refractivity contribution is 5.97. The van der Waals surface area contributed by atoms with E-state index >= 15 is 0 Å². The molecular formula is C24H23N3O2. The molecule has 0 saturated heterocycles. The summed E-state index contributed by atoms with van der Waals surface area (Å²) in [6, 6.07) is 19.8. The van der Waals surface area contributed by atoms with Crippen molar-refractivity contribution in [3.05, 3.63) is 78.1 Å². The lowest BCUT2D eigenvalue weighted by Crippen LogP contribution is -2.16. The molecule has 2 aromatic carbocycles. The van der Waals surface area contributed by atoms with Crippen LogP contribution in [0.15, 0.2) is 66.9 Å². The molecule has 0 saturated carbocycles. The second kappa shape index (κ2) is 7.87. The van der Waals surface area contributed by atoms with E-state index in [2.05, 4.69) is 6.07 Å². The highest BCUT2D eigenvalue weighted by Crippen LogP contribution is 2.30. The van der Waals surface area contributed by atoms with Crippen LogP contribution in [0, 0.1) is 0 Å². The third kappa shape index (κ3) is 3.51. The van der Waals surface area contributed by atoms with Gasteiger partial charge in [-0.05, 0) is 25.0 Å². The summed E-state index contributed by atoms with van der Waals surface area (Å²) in [4.78, 5) is 22.5. The minimum absolute atomic E-state index is 0.0282. The van der Waals surface area contributed by atoms with Crippen molar-refractivity contribution >= 4 is 16.9 Å². The van der Waals surface area contributed by atoms with E-state index in [1.807, 2.05) is 79.2 Å². The van der Waals surface area contributed by atoms with Gasteiger partial charge in [0.15, 0.2) is 0 Å². The molecule has 0 radical (unpaired) electrons. The SMILES string of the molecule is CCOC(=O)c1c(-c2ccccc2)nc(-n2ccc3ccccc32)nc1C(C)C. The first-order valence-corrected chi connectivity index (χ1v) is 9.81. The van der Waals surface area contributed by atoms with E-state index in [0.717, 1.165) is 16.5 Å². The summed E-state index contributed by atoms with van der Waals surface area (Å²) < 4.78 is 7.32. The van der Waals surface area contributed by atoms with E-state index in [4.69, 9.17) is 14.7 Å². The van der Waals surface area contributed by atoms with Gasteiger partial charge in [-0.3, -0.25) is 4.57 Å². The molecule has 0 aliphatic heterocycles. The molecule has 146 valence electrons. The van der Waals surface area contributed by atoms with Gasteiger partial charge in [0.2, 0.25) is 5.95 Å². The molecule has 0 atom stereocenters. The number of fused-ring (bicyclic) bond motifs is 1. The maximum atomic E-state index is 12.9. The van der Waals surface area contributed by atoms with Gasteiger partial charge in [-0.15, -0.1) is 0 Å². The molecule has 0 amide bonds. The summed E-state index contributed by atoms with van der Waals surface area (Å²) in [5, 5.41) is 1.11. The fourth-order valence-electron chi connectivity index (χ4n) is 3.46. The summed E-state index contributed by atoms with van der Waals surface area (Å²) in [6.45, 7) is 6.15. The van der Waals surface area contributed by atoms with E-state index < -0.39 is 0 Å². The Labute approximate surface area is 170 Å². The van der Waals surface area contributed by atoms with Gasteiger partial charge in [0.05, 0.1) is 23.5 Å². The molecule has 4 rings (SSSR count). The van der Waals surface area contributed by atoms with E-state index in [1.54, 1.807) is 6.92 Å². The highest BCUT2D eigenvalue weighted by atomic mass is 16.5. The molecule has 5 nitrogen and oxygen atoms in total. The number of aromatic nitrogens is 3.